The molecule has 0 atom stereocenters. The van der Waals surface area contributed by atoms with Gasteiger partial charge in [0.15, 0.2) is 0 Å². The second-order valence-corrected chi connectivity index (χ2v) is 5.03. The predicted octanol–water partition coefficient (Wildman–Crippen LogP) is 0.922. The Bertz CT molecular complexity index is 290. The molecule has 0 spiro atoms. The topological polar surface area (TPSA) is 72.0 Å². The number of nitrogen functional groups attached to an aromatic ring is 1. The van der Waals surface area contributed by atoms with Gasteiger partial charge in [0.1, 0.15) is 17.2 Å². The van der Waals surface area contributed by atoms with Gasteiger partial charge in [-0.1, -0.05) is 11.8 Å². The molecule has 0 unspecified atom stereocenters. The first-order valence-corrected chi connectivity index (χ1v) is 4.72. The summed E-state index contributed by atoms with van der Waals surface area (Å²) in [6, 6.07) is 1.70. The molecule has 1 aromatic heterocycles. The largest absolute Gasteiger partial charge is 0.395 e. The Morgan fingerprint density at radius 1 is 1.54 bits per heavy atom. The molecule has 5 heteroatoms. The summed E-state index contributed by atoms with van der Waals surface area (Å²) in [6.45, 7) is 3.98. The lowest BCUT2D eigenvalue weighted by molar-refractivity contribution is 0.265. The van der Waals surface area contributed by atoms with Crippen molar-refractivity contribution in [1.29, 1.82) is 0 Å². The van der Waals surface area contributed by atoms with Crippen LogP contribution in [0.3, 0.4) is 0 Å². The van der Waals surface area contributed by atoms with Crippen LogP contribution < -0.4 is 5.73 Å². The van der Waals surface area contributed by atoms with Crippen molar-refractivity contribution >= 4 is 17.6 Å². The van der Waals surface area contributed by atoms with Crippen LogP contribution in [-0.4, -0.2) is 26.4 Å². The minimum Gasteiger partial charge on any atom is -0.395 e. The number of anilines is 1. The fraction of sp³-hybridized carbons (Fsp3) is 0.500. The van der Waals surface area contributed by atoms with Gasteiger partial charge in [-0.25, -0.2) is 9.97 Å². The molecule has 4 nitrogen and oxygen atoms in total. The minimum absolute atomic E-state index is 0.0988. The summed E-state index contributed by atoms with van der Waals surface area (Å²) < 4.78 is -0.235. The van der Waals surface area contributed by atoms with E-state index in [0.29, 0.717) is 5.82 Å². The average molecular weight is 199 g/mol. The Morgan fingerprint density at radius 2 is 2.23 bits per heavy atom. The molecular weight excluding hydrogens is 186 g/mol. The summed E-state index contributed by atoms with van der Waals surface area (Å²) in [5.74, 6) is 0.450. The van der Waals surface area contributed by atoms with Gasteiger partial charge in [-0.15, -0.1) is 0 Å². The first-order chi connectivity index (χ1) is 6.03. The maximum absolute atomic E-state index is 9.03. The van der Waals surface area contributed by atoms with Crippen molar-refractivity contribution in [2.45, 2.75) is 23.6 Å². The molecule has 0 bridgehead atoms. The molecule has 0 amide bonds. The van der Waals surface area contributed by atoms with E-state index in [1.807, 2.05) is 13.8 Å². The van der Waals surface area contributed by atoms with Gasteiger partial charge in [-0.2, -0.15) is 0 Å². The second-order valence-electron chi connectivity index (χ2n) is 3.30. The van der Waals surface area contributed by atoms with Crippen LogP contribution in [-0.2, 0) is 0 Å². The van der Waals surface area contributed by atoms with Crippen LogP contribution in [0.4, 0.5) is 5.82 Å². The first-order valence-electron chi connectivity index (χ1n) is 3.91. The third-order valence-electron chi connectivity index (χ3n) is 1.42. The molecule has 0 aliphatic rings. The van der Waals surface area contributed by atoms with E-state index in [4.69, 9.17) is 10.8 Å². The summed E-state index contributed by atoms with van der Waals surface area (Å²) in [5.41, 5.74) is 5.49. The maximum Gasteiger partial charge on any atom is 0.127 e. The Balaban J connectivity index is 2.74. The minimum atomic E-state index is -0.235. The van der Waals surface area contributed by atoms with E-state index in [1.54, 1.807) is 6.07 Å². The van der Waals surface area contributed by atoms with Crippen molar-refractivity contribution < 1.29 is 5.11 Å². The fourth-order valence-electron chi connectivity index (χ4n) is 0.725. The summed E-state index contributed by atoms with van der Waals surface area (Å²) in [7, 11) is 0. The van der Waals surface area contributed by atoms with Crippen LogP contribution in [0.25, 0.3) is 0 Å². The molecular formula is C8H13N3OS. The highest BCUT2D eigenvalue weighted by Gasteiger charge is 2.18. The van der Waals surface area contributed by atoms with Crippen molar-refractivity contribution in [1.82, 2.24) is 9.97 Å². The smallest absolute Gasteiger partial charge is 0.127 e. The van der Waals surface area contributed by atoms with E-state index in [-0.39, 0.29) is 11.4 Å². The number of hydrogen-bond acceptors (Lipinski definition) is 5. The molecule has 0 radical (unpaired) electrons. The van der Waals surface area contributed by atoms with Gasteiger partial charge < -0.3 is 10.8 Å². The highest BCUT2D eigenvalue weighted by molar-refractivity contribution is 8.00. The Kier molecular flexibility index (Phi) is 3.11. The molecule has 0 aliphatic heterocycles. The van der Waals surface area contributed by atoms with Gasteiger partial charge in [0.05, 0.1) is 6.61 Å². The SMILES string of the molecule is CC(C)(CO)Sc1cc(N)ncn1. The lowest BCUT2D eigenvalue weighted by Gasteiger charge is -2.19. The number of nitrogens with zero attached hydrogens (tertiary/aromatic N) is 2. The van der Waals surface area contributed by atoms with Crippen LogP contribution >= 0.6 is 11.8 Å². The lowest BCUT2D eigenvalue weighted by atomic mass is 10.2. The van der Waals surface area contributed by atoms with Crippen molar-refractivity contribution in [2.75, 3.05) is 12.3 Å². The van der Waals surface area contributed by atoms with Gasteiger partial charge in [-0.05, 0) is 13.8 Å². The first kappa shape index (κ1) is 10.3. The molecule has 13 heavy (non-hydrogen) atoms. The third kappa shape index (κ3) is 3.20. The third-order valence-corrected chi connectivity index (χ3v) is 2.54. The van der Waals surface area contributed by atoms with E-state index in [9.17, 15) is 0 Å². The van der Waals surface area contributed by atoms with Gasteiger partial charge in [0, 0.05) is 10.8 Å². The summed E-state index contributed by atoms with van der Waals surface area (Å²) in [4.78, 5) is 7.82. The van der Waals surface area contributed by atoms with Gasteiger partial charge in [-0.3, -0.25) is 0 Å². The fourth-order valence-corrected chi connectivity index (χ4v) is 1.63. The van der Waals surface area contributed by atoms with Crippen molar-refractivity contribution in [3.8, 4) is 0 Å². The highest BCUT2D eigenvalue weighted by Crippen LogP contribution is 2.30. The second kappa shape index (κ2) is 3.93. The van der Waals surface area contributed by atoms with E-state index in [0.717, 1.165) is 5.03 Å². The predicted molar refractivity (Wildman–Crippen MR) is 53.5 cm³/mol. The molecule has 0 fully saturated rings. The standard InChI is InChI=1S/C8H13N3OS/c1-8(2,4-12)13-7-3-6(9)10-5-11-7/h3,5,12H,4H2,1-2H3,(H2,9,10,11). The molecule has 3 N–H and O–H groups in total. The number of aliphatic hydroxyl groups is 1. The van der Waals surface area contributed by atoms with Crippen LogP contribution in [0.1, 0.15) is 13.8 Å². The van der Waals surface area contributed by atoms with Gasteiger partial charge in [0.25, 0.3) is 0 Å². The Labute approximate surface area is 81.6 Å². The number of aromatic nitrogens is 2. The zero-order valence-corrected chi connectivity index (χ0v) is 8.51. The Morgan fingerprint density at radius 3 is 2.77 bits per heavy atom. The lowest BCUT2D eigenvalue weighted by Crippen LogP contribution is -2.19. The number of rotatable bonds is 3. The molecule has 0 saturated carbocycles. The number of aliphatic hydroxyl groups excluding tert-OH is 1. The van der Waals surface area contributed by atoms with E-state index in [2.05, 4.69) is 9.97 Å². The maximum atomic E-state index is 9.03. The van der Waals surface area contributed by atoms with Crippen molar-refractivity contribution in [2.24, 2.45) is 0 Å². The van der Waals surface area contributed by atoms with E-state index in [1.165, 1.54) is 18.1 Å². The molecule has 72 valence electrons. The summed E-state index contributed by atoms with van der Waals surface area (Å²) in [5, 5.41) is 9.81. The van der Waals surface area contributed by atoms with Gasteiger partial charge in [0.2, 0.25) is 0 Å². The van der Waals surface area contributed by atoms with Crippen molar-refractivity contribution in [3.63, 3.8) is 0 Å². The van der Waals surface area contributed by atoms with Crippen LogP contribution in [0.15, 0.2) is 17.4 Å². The van der Waals surface area contributed by atoms with Crippen LogP contribution in [0, 0.1) is 0 Å². The Hall–Kier alpha value is -0.810. The molecule has 0 aromatic carbocycles. The molecule has 1 rings (SSSR count). The van der Waals surface area contributed by atoms with E-state index < -0.39 is 0 Å². The zero-order valence-electron chi connectivity index (χ0n) is 7.69. The number of nitrogens with two attached hydrogens (primary N) is 1. The van der Waals surface area contributed by atoms with E-state index >= 15 is 0 Å². The van der Waals surface area contributed by atoms with Crippen LogP contribution in [0.2, 0.25) is 0 Å². The molecule has 1 aromatic rings. The van der Waals surface area contributed by atoms with Gasteiger partial charge >= 0.3 is 0 Å². The van der Waals surface area contributed by atoms with Crippen LogP contribution in [0.5, 0.6) is 0 Å². The van der Waals surface area contributed by atoms with Crippen molar-refractivity contribution in [3.05, 3.63) is 12.4 Å². The summed E-state index contributed by atoms with van der Waals surface area (Å²) in [6.07, 6.45) is 1.42. The highest BCUT2D eigenvalue weighted by atomic mass is 32.2. The molecule has 0 aliphatic carbocycles. The summed E-state index contributed by atoms with van der Waals surface area (Å²) >= 11 is 1.48. The monoisotopic (exact) mass is 199 g/mol. The molecule has 1 heterocycles. The average Bonchev–Trinajstić information content (AvgIpc) is 2.03. The normalized spacial score (nSPS) is 11.6. The number of thioether (sulfide) groups is 1. The zero-order chi connectivity index (χ0) is 9.90. The quantitative estimate of drug-likeness (QED) is 0.559. The molecule has 0 saturated heterocycles. The number of hydrogen-bond donors (Lipinski definition) is 2.